The molecule has 0 unspecified atom stereocenters. The predicted octanol–water partition coefficient (Wildman–Crippen LogP) is 1.72. The minimum absolute atomic E-state index is 0.0251. The second-order valence-electron chi connectivity index (χ2n) is 3.14. The summed E-state index contributed by atoms with van der Waals surface area (Å²) in [4.78, 5) is 0. The molecule has 2 nitrogen and oxygen atoms in total. The van der Waals surface area contributed by atoms with Crippen molar-refractivity contribution in [1.29, 1.82) is 0 Å². The third-order valence-electron chi connectivity index (χ3n) is 1.80. The maximum atomic E-state index is 13.3. The van der Waals surface area contributed by atoms with Gasteiger partial charge in [0, 0.05) is 12.1 Å². The maximum Gasteiger partial charge on any atom is 0.130 e. The molecule has 72 valence electrons. The number of halogens is 1. The summed E-state index contributed by atoms with van der Waals surface area (Å²) in [5.74, 6) is 0.280. The van der Waals surface area contributed by atoms with E-state index in [2.05, 4.69) is 0 Å². The highest BCUT2D eigenvalue weighted by atomic mass is 19.1. The first-order valence-corrected chi connectivity index (χ1v) is 4.21. The van der Waals surface area contributed by atoms with Gasteiger partial charge in [-0.3, -0.25) is 0 Å². The standard InChI is InChI=1S/C10H14FNO/c1-7(12)5-8-3-4-9(13-2)6-10(8)11/h3-4,6-7H,5,12H2,1-2H3/t7-/m0/s1. The molecule has 0 aliphatic rings. The molecule has 1 aromatic rings. The van der Waals surface area contributed by atoms with Gasteiger partial charge in [0.1, 0.15) is 11.6 Å². The van der Waals surface area contributed by atoms with Crippen LogP contribution in [0.25, 0.3) is 0 Å². The molecule has 0 radical (unpaired) electrons. The zero-order valence-electron chi connectivity index (χ0n) is 7.88. The van der Waals surface area contributed by atoms with Gasteiger partial charge in [-0.05, 0) is 25.0 Å². The molecule has 0 aliphatic heterocycles. The van der Waals surface area contributed by atoms with Crippen molar-refractivity contribution in [1.82, 2.24) is 0 Å². The molecular formula is C10H14FNO. The number of ether oxygens (including phenoxy) is 1. The predicted molar refractivity (Wildman–Crippen MR) is 50.3 cm³/mol. The van der Waals surface area contributed by atoms with Crippen molar-refractivity contribution < 1.29 is 9.13 Å². The second-order valence-corrected chi connectivity index (χ2v) is 3.14. The third kappa shape index (κ3) is 2.70. The Bertz CT molecular complexity index is 286. The fourth-order valence-electron chi connectivity index (χ4n) is 1.17. The third-order valence-corrected chi connectivity index (χ3v) is 1.80. The van der Waals surface area contributed by atoms with Crippen LogP contribution in [-0.2, 0) is 6.42 Å². The topological polar surface area (TPSA) is 35.2 Å². The summed E-state index contributed by atoms with van der Waals surface area (Å²) in [6.45, 7) is 1.85. The summed E-state index contributed by atoms with van der Waals surface area (Å²) in [7, 11) is 1.51. The van der Waals surface area contributed by atoms with E-state index in [9.17, 15) is 4.39 Å². The monoisotopic (exact) mass is 183 g/mol. The first-order valence-electron chi connectivity index (χ1n) is 4.21. The van der Waals surface area contributed by atoms with E-state index in [0.29, 0.717) is 17.7 Å². The lowest BCUT2D eigenvalue weighted by atomic mass is 10.1. The first kappa shape index (κ1) is 9.99. The van der Waals surface area contributed by atoms with Crippen molar-refractivity contribution in [2.24, 2.45) is 5.73 Å². The Balaban J connectivity index is 2.85. The van der Waals surface area contributed by atoms with Crippen LogP contribution in [0.4, 0.5) is 4.39 Å². The average Bonchev–Trinajstić information content (AvgIpc) is 2.08. The molecule has 0 aliphatic carbocycles. The van der Waals surface area contributed by atoms with Crippen LogP contribution in [-0.4, -0.2) is 13.2 Å². The Kier molecular flexibility index (Phi) is 3.25. The van der Waals surface area contributed by atoms with Crippen LogP contribution in [0, 0.1) is 5.82 Å². The molecule has 0 spiro atoms. The number of rotatable bonds is 3. The molecule has 0 bridgehead atoms. The molecule has 0 saturated heterocycles. The lowest BCUT2D eigenvalue weighted by Crippen LogP contribution is -2.18. The Morgan fingerprint density at radius 3 is 2.69 bits per heavy atom. The van der Waals surface area contributed by atoms with E-state index >= 15 is 0 Å². The molecule has 13 heavy (non-hydrogen) atoms. The van der Waals surface area contributed by atoms with Crippen LogP contribution in [0.5, 0.6) is 5.75 Å². The van der Waals surface area contributed by atoms with Crippen molar-refractivity contribution in [2.45, 2.75) is 19.4 Å². The van der Waals surface area contributed by atoms with Crippen LogP contribution in [0.15, 0.2) is 18.2 Å². The fraction of sp³-hybridized carbons (Fsp3) is 0.400. The van der Waals surface area contributed by atoms with E-state index in [-0.39, 0.29) is 11.9 Å². The molecule has 0 fully saturated rings. The average molecular weight is 183 g/mol. The summed E-state index contributed by atoms with van der Waals surface area (Å²) in [5, 5.41) is 0. The highest BCUT2D eigenvalue weighted by Gasteiger charge is 2.05. The van der Waals surface area contributed by atoms with E-state index in [1.807, 2.05) is 6.92 Å². The Hall–Kier alpha value is -1.09. The van der Waals surface area contributed by atoms with Gasteiger partial charge in [0.25, 0.3) is 0 Å². The molecule has 2 N–H and O–H groups in total. The maximum absolute atomic E-state index is 13.3. The van der Waals surface area contributed by atoms with Gasteiger partial charge in [0.05, 0.1) is 7.11 Å². The molecule has 0 saturated carbocycles. The van der Waals surface area contributed by atoms with Gasteiger partial charge in [0.15, 0.2) is 0 Å². The summed E-state index contributed by atoms with van der Waals surface area (Å²) >= 11 is 0. The van der Waals surface area contributed by atoms with Gasteiger partial charge in [-0.15, -0.1) is 0 Å². The molecule has 3 heteroatoms. The van der Waals surface area contributed by atoms with E-state index < -0.39 is 0 Å². The molecule has 0 amide bonds. The second kappa shape index (κ2) is 4.23. The van der Waals surface area contributed by atoms with Gasteiger partial charge in [0.2, 0.25) is 0 Å². The molecule has 1 rings (SSSR count). The summed E-state index contributed by atoms with van der Waals surface area (Å²) in [6.07, 6.45) is 0.551. The number of hydrogen-bond acceptors (Lipinski definition) is 2. The van der Waals surface area contributed by atoms with Crippen LogP contribution >= 0.6 is 0 Å². The Labute approximate surface area is 77.5 Å². The molecular weight excluding hydrogens is 169 g/mol. The van der Waals surface area contributed by atoms with Crippen LogP contribution < -0.4 is 10.5 Å². The SMILES string of the molecule is COc1ccc(C[C@H](C)N)c(F)c1. The van der Waals surface area contributed by atoms with Crippen LogP contribution in [0.2, 0.25) is 0 Å². The van der Waals surface area contributed by atoms with Crippen molar-refractivity contribution in [2.75, 3.05) is 7.11 Å². The van der Waals surface area contributed by atoms with Gasteiger partial charge >= 0.3 is 0 Å². The van der Waals surface area contributed by atoms with E-state index in [1.165, 1.54) is 13.2 Å². The van der Waals surface area contributed by atoms with Crippen molar-refractivity contribution in [3.05, 3.63) is 29.6 Å². The lowest BCUT2D eigenvalue weighted by molar-refractivity contribution is 0.410. The van der Waals surface area contributed by atoms with Gasteiger partial charge in [-0.25, -0.2) is 4.39 Å². The van der Waals surface area contributed by atoms with Gasteiger partial charge < -0.3 is 10.5 Å². The molecule has 0 aromatic heterocycles. The van der Waals surface area contributed by atoms with E-state index in [1.54, 1.807) is 12.1 Å². The van der Waals surface area contributed by atoms with Gasteiger partial charge in [-0.1, -0.05) is 6.07 Å². The minimum Gasteiger partial charge on any atom is -0.497 e. The van der Waals surface area contributed by atoms with Gasteiger partial charge in [-0.2, -0.15) is 0 Å². The summed E-state index contributed by atoms with van der Waals surface area (Å²) in [5.41, 5.74) is 6.20. The first-order chi connectivity index (χ1) is 6.13. The zero-order chi connectivity index (χ0) is 9.84. The van der Waals surface area contributed by atoms with E-state index in [0.717, 1.165) is 0 Å². The fourth-order valence-corrected chi connectivity index (χ4v) is 1.17. The number of methoxy groups -OCH3 is 1. The molecule has 1 aromatic carbocycles. The number of benzene rings is 1. The lowest BCUT2D eigenvalue weighted by Gasteiger charge is -2.07. The largest absolute Gasteiger partial charge is 0.497 e. The molecule has 1 atom stereocenters. The van der Waals surface area contributed by atoms with Crippen molar-refractivity contribution in [3.63, 3.8) is 0 Å². The highest BCUT2D eigenvalue weighted by molar-refractivity contribution is 5.29. The minimum atomic E-state index is -0.253. The summed E-state index contributed by atoms with van der Waals surface area (Å²) in [6, 6.07) is 4.79. The zero-order valence-corrected chi connectivity index (χ0v) is 7.88. The quantitative estimate of drug-likeness (QED) is 0.774. The van der Waals surface area contributed by atoms with Crippen molar-refractivity contribution in [3.8, 4) is 5.75 Å². The number of nitrogens with two attached hydrogens (primary N) is 1. The smallest absolute Gasteiger partial charge is 0.130 e. The van der Waals surface area contributed by atoms with E-state index in [4.69, 9.17) is 10.5 Å². The normalized spacial score (nSPS) is 12.6. The molecule has 0 heterocycles. The number of hydrogen-bond donors (Lipinski definition) is 1. The van der Waals surface area contributed by atoms with Crippen molar-refractivity contribution >= 4 is 0 Å². The Morgan fingerprint density at radius 2 is 2.23 bits per heavy atom. The Morgan fingerprint density at radius 1 is 1.54 bits per heavy atom. The summed E-state index contributed by atoms with van der Waals surface area (Å²) < 4.78 is 18.1. The van der Waals surface area contributed by atoms with Crippen LogP contribution in [0.3, 0.4) is 0 Å². The highest BCUT2D eigenvalue weighted by Crippen LogP contribution is 2.16. The van der Waals surface area contributed by atoms with Crippen LogP contribution in [0.1, 0.15) is 12.5 Å².